The Balaban J connectivity index is 1.65. The van der Waals surface area contributed by atoms with Crippen molar-refractivity contribution in [1.29, 1.82) is 0 Å². The Labute approximate surface area is 228 Å². The van der Waals surface area contributed by atoms with Crippen molar-refractivity contribution >= 4 is 35.0 Å². The summed E-state index contributed by atoms with van der Waals surface area (Å²) >= 11 is 6.51. The van der Waals surface area contributed by atoms with E-state index >= 15 is 0 Å². The third-order valence-electron chi connectivity index (χ3n) is 8.16. The molecule has 1 aromatic rings. The SMILES string of the molecule is CCCN1CC=C[C@@H]2O[C@]34C=CCN(c5ccccc5Cl)C(=O)C3N([C@@H](CO)CC(C)C)C(=O)[C@@H]4[C@@H]2C1=O. The van der Waals surface area contributed by atoms with E-state index in [0.29, 0.717) is 30.2 Å². The van der Waals surface area contributed by atoms with E-state index in [9.17, 15) is 19.5 Å². The molecule has 2 fully saturated rings. The van der Waals surface area contributed by atoms with Crippen molar-refractivity contribution in [3.63, 3.8) is 0 Å². The number of aliphatic hydroxyl groups is 1. The van der Waals surface area contributed by atoms with Gasteiger partial charge in [-0.2, -0.15) is 0 Å². The number of hydrogen-bond donors (Lipinski definition) is 1. The Morgan fingerprint density at radius 2 is 1.87 bits per heavy atom. The first-order chi connectivity index (χ1) is 18.2. The molecule has 1 N–H and O–H groups in total. The molecule has 0 aromatic heterocycles. The summed E-state index contributed by atoms with van der Waals surface area (Å²) in [4.78, 5) is 47.6. The van der Waals surface area contributed by atoms with Gasteiger partial charge >= 0.3 is 0 Å². The van der Waals surface area contributed by atoms with Crippen molar-refractivity contribution in [2.45, 2.75) is 57.4 Å². The van der Waals surface area contributed by atoms with E-state index in [0.717, 1.165) is 6.42 Å². The number of rotatable bonds is 7. The molecule has 1 aromatic carbocycles. The number of aliphatic hydroxyl groups excluding tert-OH is 1. The van der Waals surface area contributed by atoms with E-state index in [1.54, 1.807) is 28.0 Å². The third kappa shape index (κ3) is 4.17. The highest BCUT2D eigenvalue weighted by Crippen LogP contribution is 2.54. The van der Waals surface area contributed by atoms with Crippen molar-refractivity contribution in [2.24, 2.45) is 17.8 Å². The molecule has 9 heteroatoms. The fraction of sp³-hybridized carbons (Fsp3) is 0.552. The predicted molar refractivity (Wildman–Crippen MR) is 145 cm³/mol. The molecule has 6 atom stereocenters. The number of likely N-dealkylation sites (tertiary alicyclic amines) is 1. The van der Waals surface area contributed by atoms with Crippen LogP contribution in [0.1, 0.15) is 33.6 Å². The highest BCUT2D eigenvalue weighted by atomic mass is 35.5. The maximum absolute atomic E-state index is 14.5. The topological polar surface area (TPSA) is 90.4 Å². The quantitative estimate of drug-likeness (QED) is 0.536. The number of amides is 3. The van der Waals surface area contributed by atoms with Gasteiger partial charge in [0.15, 0.2) is 0 Å². The molecule has 4 aliphatic heterocycles. The summed E-state index contributed by atoms with van der Waals surface area (Å²) in [5.74, 6) is -2.23. The average Bonchev–Trinajstić information content (AvgIpc) is 3.21. The Kier molecular flexibility index (Phi) is 7.42. The van der Waals surface area contributed by atoms with Crippen LogP contribution in [-0.2, 0) is 19.1 Å². The van der Waals surface area contributed by atoms with Crippen LogP contribution < -0.4 is 4.90 Å². The Morgan fingerprint density at radius 1 is 1.11 bits per heavy atom. The number of halogens is 1. The third-order valence-corrected chi connectivity index (χ3v) is 8.48. The molecular formula is C29H36ClN3O5. The van der Waals surface area contributed by atoms with Crippen LogP contribution in [0.4, 0.5) is 5.69 Å². The summed E-state index contributed by atoms with van der Waals surface area (Å²) in [6.07, 6.45) is 8.12. The lowest BCUT2D eigenvalue weighted by Gasteiger charge is -2.39. The van der Waals surface area contributed by atoms with Gasteiger partial charge in [-0.1, -0.05) is 68.8 Å². The number of benzene rings is 1. The van der Waals surface area contributed by atoms with Gasteiger partial charge < -0.3 is 24.5 Å². The number of anilines is 1. The van der Waals surface area contributed by atoms with Gasteiger partial charge in [-0.25, -0.2) is 0 Å². The minimum Gasteiger partial charge on any atom is -0.394 e. The highest BCUT2D eigenvalue weighted by molar-refractivity contribution is 6.34. The molecule has 2 saturated heterocycles. The summed E-state index contributed by atoms with van der Waals surface area (Å²) < 4.78 is 6.68. The van der Waals surface area contributed by atoms with Gasteiger partial charge in [-0.15, -0.1) is 0 Å². The number of nitrogens with zero attached hydrogens (tertiary/aromatic N) is 3. The number of carbonyl (C=O) groups excluding carboxylic acids is 3. The minimum atomic E-state index is -1.33. The highest BCUT2D eigenvalue weighted by Gasteiger charge is 2.72. The van der Waals surface area contributed by atoms with Crippen LogP contribution in [0.5, 0.6) is 0 Å². The zero-order chi connectivity index (χ0) is 27.2. The van der Waals surface area contributed by atoms with Crippen molar-refractivity contribution in [3.05, 3.63) is 53.6 Å². The normalized spacial score (nSPS) is 31.4. The van der Waals surface area contributed by atoms with Gasteiger partial charge in [0.25, 0.3) is 5.91 Å². The van der Waals surface area contributed by atoms with Crippen molar-refractivity contribution in [1.82, 2.24) is 9.80 Å². The maximum atomic E-state index is 14.5. The predicted octanol–water partition coefficient (Wildman–Crippen LogP) is 3.04. The van der Waals surface area contributed by atoms with Gasteiger partial charge in [0, 0.05) is 19.6 Å². The molecule has 0 bridgehead atoms. The fourth-order valence-corrected chi connectivity index (χ4v) is 6.94. The molecule has 1 spiro atoms. The minimum absolute atomic E-state index is 0.130. The van der Waals surface area contributed by atoms with E-state index in [1.807, 2.05) is 51.1 Å². The lowest BCUT2D eigenvalue weighted by Crippen LogP contribution is -2.58. The first-order valence-corrected chi connectivity index (χ1v) is 13.9. The van der Waals surface area contributed by atoms with E-state index in [4.69, 9.17) is 16.3 Å². The Morgan fingerprint density at radius 3 is 2.55 bits per heavy atom. The van der Waals surface area contributed by atoms with Crippen molar-refractivity contribution < 1.29 is 24.2 Å². The van der Waals surface area contributed by atoms with Gasteiger partial charge in [-0.3, -0.25) is 14.4 Å². The summed E-state index contributed by atoms with van der Waals surface area (Å²) in [6, 6.07) is 5.47. The van der Waals surface area contributed by atoms with Crippen LogP contribution >= 0.6 is 11.6 Å². The van der Waals surface area contributed by atoms with E-state index in [-0.39, 0.29) is 36.8 Å². The van der Waals surface area contributed by atoms with E-state index in [1.165, 1.54) is 4.90 Å². The van der Waals surface area contributed by atoms with Crippen LogP contribution in [-0.4, -0.2) is 82.7 Å². The van der Waals surface area contributed by atoms with E-state index in [2.05, 4.69) is 0 Å². The molecule has 1 unspecified atom stereocenters. The molecule has 0 radical (unpaired) electrons. The molecule has 5 rings (SSSR count). The molecule has 204 valence electrons. The molecule has 4 heterocycles. The second kappa shape index (κ2) is 10.5. The van der Waals surface area contributed by atoms with Crippen molar-refractivity contribution in [3.8, 4) is 0 Å². The van der Waals surface area contributed by atoms with Gasteiger partial charge in [0.05, 0.1) is 41.3 Å². The smallest absolute Gasteiger partial charge is 0.253 e. The fourth-order valence-electron chi connectivity index (χ4n) is 6.70. The lowest BCUT2D eigenvalue weighted by molar-refractivity contribution is -0.147. The van der Waals surface area contributed by atoms with Crippen LogP contribution in [0.25, 0.3) is 0 Å². The van der Waals surface area contributed by atoms with Crippen LogP contribution in [0.2, 0.25) is 5.02 Å². The Bertz CT molecular complexity index is 1170. The van der Waals surface area contributed by atoms with Gasteiger partial charge in [0.1, 0.15) is 11.6 Å². The molecule has 4 aliphatic rings. The second-order valence-corrected chi connectivity index (χ2v) is 11.5. The summed E-state index contributed by atoms with van der Waals surface area (Å²) in [7, 11) is 0. The largest absolute Gasteiger partial charge is 0.394 e. The lowest BCUT2D eigenvalue weighted by atomic mass is 9.77. The Hall–Kier alpha value is -2.68. The van der Waals surface area contributed by atoms with Gasteiger partial charge in [-0.05, 0) is 30.9 Å². The molecule has 3 amide bonds. The number of fused-ring (bicyclic) bond motifs is 2. The zero-order valence-electron chi connectivity index (χ0n) is 22.1. The molecule has 0 aliphatic carbocycles. The molecule has 0 saturated carbocycles. The van der Waals surface area contributed by atoms with Gasteiger partial charge in [0.2, 0.25) is 11.8 Å². The summed E-state index contributed by atoms with van der Waals surface area (Å²) in [5.41, 5.74) is -0.794. The van der Waals surface area contributed by atoms with Crippen molar-refractivity contribution in [2.75, 3.05) is 31.1 Å². The first kappa shape index (κ1) is 26.9. The number of para-hydroxylation sites is 1. The van der Waals surface area contributed by atoms with Crippen LogP contribution in [0.3, 0.4) is 0 Å². The molecular weight excluding hydrogens is 506 g/mol. The zero-order valence-corrected chi connectivity index (χ0v) is 22.9. The standard InChI is InChI=1S/C29H36ClN3O5/c1-4-13-31-14-7-11-22-23(26(31)35)24-27(36)33(19(17-34)16-18(2)3)25-28(37)32(15-8-12-29(24,25)38-22)21-10-6-5-9-20(21)30/h5-12,18-19,22-25,34H,4,13-17H2,1-3H3/t19-,22+,23-,24+,25?,29+/m1/s1. The second-order valence-electron chi connectivity index (χ2n) is 11.1. The maximum Gasteiger partial charge on any atom is 0.253 e. The number of ether oxygens (including phenoxy) is 1. The van der Waals surface area contributed by atoms with Crippen LogP contribution in [0, 0.1) is 17.8 Å². The number of carbonyl (C=O) groups is 3. The monoisotopic (exact) mass is 541 g/mol. The average molecular weight is 542 g/mol. The first-order valence-electron chi connectivity index (χ1n) is 13.5. The molecule has 8 nitrogen and oxygen atoms in total. The summed E-state index contributed by atoms with van der Waals surface area (Å²) in [5, 5.41) is 10.9. The summed E-state index contributed by atoms with van der Waals surface area (Å²) in [6.45, 7) is 7.03. The van der Waals surface area contributed by atoms with Crippen LogP contribution in [0.15, 0.2) is 48.6 Å². The molecule has 38 heavy (non-hydrogen) atoms. The number of hydrogen-bond acceptors (Lipinski definition) is 5. The van der Waals surface area contributed by atoms with E-state index < -0.39 is 35.6 Å².